The van der Waals surface area contributed by atoms with Crippen molar-refractivity contribution in [2.75, 3.05) is 7.05 Å². The Morgan fingerprint density at radius 3 is 2.20 bits per heavy atom. The molecule has 0 heterocycles. The van der Waals surface area contributed by atoms with Crippen LogP contribution in [-0.2, 0) is 4.57 Å². The van der Waals surface area contributed by atoms with E-state index in [1.54, 1.807) is 7.05 Å². The third kappa shape index (κ3) is 3.93. The molecule has 0 rings (SSSR count). The van der Waals surface area contributed by atoms with E-state index in [2.05, 4.69) is 11.4 Å². The topological polar surface area (TPSA) is 29.1 Å². The van der Waals surface area contributed by atoms with Crippen molar-refractivity contribution in [3.8, 4) is 0 Å². The second-order valence-corrected chi connectivity index (χ2v) is 1.81. The first-order valence-electron chi connectivity index (χ1n) is 1.22. The smallest absolute Gasteiger partial charge is 0.163 e. The lowest BCUT2D eigenvalue weighted by Crippen LogP contribution is -1.82. The van der Waals surface area contributed by atoms with Crippen LogP contribution in [0.1, 0.15) is 0 Å². The molecule has 0 aliphatic heterocycles. The summed E-state index contributed by atoms with van der Waals surface area (Å²) in [6.45, 7) is 0. The van der Waals surface area contributed by atoms with Crippen LogP contribution in [0, 0.1) is 0 Å². The molecule has 2 nitrogen and oxygen atoms in total. The maximum Gasteiger partial charge on any atom is 0.163 e. The van der Waals surface area contributed by atoms with Gasteiger partial charge in [0, 0.05) is 0 Å². The Balaban J connectivity index is 3.23. The number of nitrogens with one attached hydrogen (secondary N) is 1. The number of hydrogen-bond donors (Lipinski definition) is 1. The van der Waals surface area contributed by atoms with Crippen molar-refractivity contribution in [2.24, 2.45) is 0 Å². The zero-order valence-corrected chi connectivity index (χ0v) is 3.96. The van der Waals surface area contributed by atoms with Crippen LogP contribution in [0.4, 0.5) is 0 Å². The molecule has 5 heavy (non-hydrogen) atoms. The molecule has 0 aromatic carbocycles. The molecule has 30 valence electrons. The summed E-state index contributed by atoms with van der Waals surface area (Å²) in [5.74, 6) is 0. The van der Waals surface area contributed by atoms with Crippen LogP contribution < -0.4 is 5.09 Å². The number of rotatable bonds is 1. The lowest BCUT2D eigenvalue weighted by molar-refractivity contribution is 0.593. The minimum Gasteiger partial charge on any atom is -0.266 e. The van der Waals surface area contributed by atoms with E-state index in [1.807, 2.05) is 0 Å². The first-order valence-corrected chi connectivity index (χ1v) is 2.67. The van der Waals surface area contributed by atoms with Crippen LogP contribution in [0.2, 0.25) is 0 Å². The lowest BCUT2D eigenvalue weighted by atomic mass is 11.6. The zero-order chi connectivity index (χ0) is 4.28. The van der Waals surface area contributed by atoms with Crippen molar-refractivity contribution in [3.63, 3.8) is 0 Å². The van der Waals surface area contributed by atoms with E-state index in [1.165, 1.54) is 0 Å². The normalized spacial score (nSPS) is 11.0. The summed E-state index contributed by atoms with van der Waals surface area (Å²) in [6.07, 6.45) is 3.16. The molecule has 0 aromatic heterocycles. The molecule has 1 unspecified atom stereocenters. The highest BCUT2D eigenvalue weighted by Crippen LogP contribution is 1.84. The highest BCUT2D eigenvalue weighted by Gasteiger charge is 1.58. The maximum absolute atomic E-state index is 9.74. The van der Waals surface area contributed by atoms with Crippen molar-refractivity contribution in [2.45, 2.75) is 0 Å². The second kappa shape index (κ2) is 2.18. The highest BCUT2D eigenvalue weighted by atomic mass is 31.1. The van der Waals surface area contributed by atoms with Gasteiger partial charge in [0.05, 0.1) is 0 Å². The fourth-order valence-corrected chi connectivity index (χ4v) is 0. The van der Waals surface area contributed by atoms with Gasteiger partial charge in [-0.25, -0.2) is 5.09 Å². The molecule has 0 spiro atoms. The van der Waals surface area contributed by atoms with Gasteiger partial charge in [0.1, 0.15) is 0 Å². The predicted molar refractivity (Wildman–Crippen MR) is 23.8 cm³/mol. The Kier molecular flexibility index (Phi) is 2.15. The van der Waals surface area contributed by atoms with Gasteiger partial charge in [0.25, 0.3) is 0 Å². The van der Waals surface area contributed by atoms with Crippen molar-refractivity contribution in [1.29, 1.82) is 0 Å². The summed E-state index contributed by atoms with van der Waals surface area (Å²) >= 11 is 0. The summed E-state index contributed by atoms with van der Waals surface area (Å²) in [5.41, 5.74) is 0. The SMILES string of the molecule is C=P(=O)NC. The minimum absolute atomic E-state index is 1.35. The van der Waals surface area contributed by atoms with Gasteiger partial charge in [-0.2, -0.15) is 0 Å². The average Bonchev–Trinajstić information content (AvgIpc) is 1.38. The van der Waals surface area contributed by atoms with Crippen LogP contribution in [0.3, 0.4) is 0 Å². The van der Waals surface area contributed by atoms with E-state index in [9.17, 15) is 4.57 Å². The van der Waals surface area contributed by atoms with Crippen molar-refractivity contribution in [1.82, 2.24) is 5.09 Å². The summed E-state index contributed by atoms with van der Waals surface area (Å²) in [7, 11) is 0.255. The van der Waals surface area contributed by atoms with E-state index in [4.69, 9.17) is 0 Å². The van der Waals surface area contributed by atoms with Gasteiger partial charge in [-0.3, -0.25) is 4.57 Å². The van der Waals surface area contributed by atoms with Gasteiger partial charge in [0.2, 0.25) is 0 Å². The predicted octanol–water partition coefficient (Wildman–Crippen LogP) is 0.380. The van der Waals surface area contributed by atoms with Gasteiger partial charge in [-0.1, -0.05) is 0 Å². The minimum atomic E-state index is -1.35. The molecule has 0 bridgehead atoms. The van der Waals surface area contributed by atoms with Crippen LogP contribution in [0.15, 0.2) is 0 Å². The molecule has 0 saturated heterocycles. The maximum atomic E-state index is 9.74. The number of hydrogen-bond acceptors (Lipinski definition) is 1. The standard InChI is InChI=1S/C2H6NOP/c1-3-5(2)4/h3H,2H2,1H3. The van der Waals surface area contributed by atoms with Crippen LogP contribution >= 0.6 is 7.58 Å². The van der Waals surface area contributed by atoms with Crippen LogP contribution in [0.5, 0.6) is 0 Å². The molecule has 0 aromatic rings. The first kappa shape index (κ1) is 4.93. The summed E-state index contributed by atoms with van der Waals surface area (Å²) in [5, 5.41) is 2.43. The third-order valence-corrected chi connectivity index (χ3v) is 0.748. The van der Waals surface area contributed by atoms with Crippen molar-refractivity contribution < 1.29 is 4.57 Å². The van der Waals surface area contributed by atoms with E-state index in [-0.39, 0.29) is 0 Å². The lowest BCUT2D eigenvalue weighted by Gasteiger charge is -1.68. The van der Waals surface area contributed by atoms with Gasteiger partial charge < -0.3 is 0 Å². The Morgan fingerprint density at radius 1 is 2.00 bits per heavy atom. The fourth-order valence-electron chi connectivity index (χ4n) is 0. The van der Waals surface area contributed by atoms with Gasteiger partial charge in [-0.15, -0.1) is 0 Å². The molecule has 3 heteroatoms. The van der Waals surface area contributed by atoms with E-state index < -0.39 is 7.58 Å². The van der Waals surface area contributed by atoms with E-state index in [0.717, 1.165) is 0 Å². The van der Waals surface area contributed by atoms with Crippen LogP contribution in [0.25, 0.3) is 0 Å². The quantitative estimate of drug-likeness (QED) is 0.472. The monoisotopic (exact) mass is 91.0 g/mol. The van der Waals surface area contributed by atoms with Crippen molar-refractivity contribution in [3.05, 3.63) is 0 Å². The fraction of sp³-hybridized carbons (Fsp3) is 0.500. The molecule has 1 atom stereocenters. The van der Waals surface area contributed by atoms with Gasteiger partial charge in [0.15, 0.2) is 7.58 Å². The largest absolute Gasteiger partial charge is 0.266 e. The van der Waals surface area contributed by atoms with Gasteiger partial charge >= 0.3 is 0 Å². The molecule has 0 radical (unpaired) electrons. The molecule has 0 amide bonds. The summed E-state index contributed by atoms with van der Waals surface area (Å²) in [4.78, 5) is 0. The molecule has 0 aliphatic rings. The van der Waals surface area contributed by atoms with Crippen molar-refractivity contribution >= 4 is 13.9 Å². The molecule has 0 fully saturated rings. The Morgan fingerprint density at radius 2 is 2.20 bits per heavy atom. The van der Waals surface area contributed by atoms with E-state index in [0.29, 0.717) is 0 Å². The summed E-state index contributed by atoms with van der Waals surface area (Å²) in [6, 6.07) is 0. The second-order valence-electron chi connectivity index (χ2n) is 0.602. The Bertz CT molecular complexity index is 67.7. The average molecular weight is 91.0 g/mol. The highest BCUT2D eigenvalue weighted by molar-refractivity contribution is 7.40. The summed E-state index contributed by atoms with van der Waals surface area (Å²) < 4.78 is 9.74. The van der Waals surface area contributed by atoms with Crippen LogP contribution in [-0.4, -0.2) is 13.3 Å². The molecular formula is C2H6NOP. The zero-order valence-electron chi connectivity index (χ0n) is 3.06. The first-order chi connectivity index (χ1) is 2.27. The van der Waals surface area contributed by atoms with Gasteiger partial charge in [-0.05, 0) is 13.3 Å². The Hall–Kier alpha value is -0.0700. The molecule has 0 saturated carbocycles. The molecule has 0 aliphatic carbocycles. The third-order valence-electron chi connectivity index (χ3n) is 0.249. The molecular weight excluding hydrogens is 85.0 g/mol. The Labute approximate surface area is 31.7 Å². The molecule has 1 N–H and O–H groups in total. The van der Waals surface area contributed by atoms with E-state index >= 15 is 0 Å².